The third kappa shape index (κ3) is 1.44. The summed E-state index contributed by atoms with van der Waals surface area (Å²) in [6, 6.07) is 7.29. The molecule has 0 aliphatic carbocycles. The van der Waals surface area contributed by atoms with Gasteiger partial charge in [0.1, 0.15) is 11.9 Å². The molecule has 1 heterocycles. The second-order valence-corrected chi connectivity index (χ2v) is 3.32. The molecular formula is C10H11NO3. The van der Waals surface area contributed by atoms with Gasteiger partial charge >= 0.3 is 0 Å². The molecule has 0 aromatic heterocycles. The highest BCUT2D eigenvalue weighted by atomic mass is 16.5. The van der Waals surface area contributed by atoms with E-state index in [4.69, 9.17) is 10.5 Å². The van der Waals surface area contributed by atoms with Crippen molar-refractivity contribution >= 4 is 5.91 Å². The van der Waals surface area contributed by atoms with Crippen molar-refractivity contribution in [2.24, 2.45) is 5.73 Å². The van der Waals surface area contributed by atoms with Gasteiger partial charge in [0.2, 0.25) is 6.10 Å². The average Bonchev–Trinajstić information content (AvgIpc) is 2.16. The lowest BCUT2D eigenvalue weighted by Gasteiger charge is -2.28. The molecule has 14 heavy (non-hydrogen) atoms. The number of aliphatic hydroxyl groups excluding tert-OH is 1. The first-order chi connectivity index (χ1) is 6.68. The van der Waals surface area contributed by atoms with E-state index in [1.165, 1.54) is 0 Å². The van der Waals surface area contributed by atoms with Crippen molar-refractivity contribution in [3.63, 3.8) is 0 Å². The van der Waals surface area contributed by atoms with Gasteiger partial charge in [0.15, 0.2) is 0 Å². The highest BCUT2D eigenvalue weighted by Crippen LogP contribution is 2.27. The van der Waals surface area contributed by atoms with Gasteiger partial charge in [-0.25, -0.2) is 0 Å². The second-order valence-electron chi connectivity index (χ2n) is 3.32. The van der Waals surface area contributed by atoms with Gasteiger partial charge in [-0.15, -0.1) is 0 Å². The zero-order chi connectivity index (χ0) is 10.1. The second kappa shape index (κ2) is 3.31. The summed E-state index contributed by atoms with van der Waals surface area (Å²) in [5.41, 5.74) is 5.99. The van der Waals surface area contributed by atoms with Gasteiger partial charge in [0.05, 0.1) is 0 Å². The Morgan fingerprint density at radius 1 is 1.50 bits per heavy atom. The Kier molecular flexibility index (Phi) is 2.13. The zero-order valence-corrected chi connectivity index (χ0v) is 7.51. The van der Waals surface area contributed by atoms with E-state index in [0.717, 1.165) is 5.56 Å². The Labute approximate surface area is 81.3 Å². The molecule has 4 heteroatoms. The van der Waals surface area contributed by atoms with Crippen LogP contribution in [0.4, 0.5) is 0 Å². The summed E-state index contributed by atoms with van der Waals surface area (Å²) >= 11 is 0. The van der Waals surface area contributed by atoms with Gasteiger partial charge in [-0.3, -0.25) is 4.79 Å². The van der Waals surface area contributed by atoms with E-state index >= 15 is 0 Å². The zero-order valence-electron chi connectivity index (χ0n) is 7.51. The molecule has 0 saturated carbocycles. The van der Waals surface area contributed by atoms with Gasteiger partial charge < -0.3 is 15.6 Å². The van der Waals surface area contributed by atoms with Crippen LogP contribution in [-0.4, -0.2) is 23.2 Å². The minimum atomic E-state index is -0.926. The first-order valence-electron chi connectivity index (χ1n) is 4.40. The van der Waals surface area contributed by atoms with Crippen LogP contribution in [0.25, 0.3) is 0 Å². The third-order valence-electron chi connectivity index (χ3n) is 2.29. The number of hydrogen-bond donors (Lipinski definition) is 2. The van der Waals surface area contributed by atoms with Gasteiger partial charge in [-0.2, -0.15) is 0 Å². The fourth-order valence-corrected chi connectivity index (χ4v) is 1.58. The van der Waals surface area contributed by atoms with Crippen LogP contribution >= 0.6 is 0 Å². The number of primary amides is 1. The quantitative estimate of drug-likeness (QED) is 0.650. The maximum Gasteiger partial charge on any atom is 0.261 e. The van der Waals surface area contributed by atoms with E-state index in [1.54, 1.807) is 6.07 Å². The number of hydrogen-bond acceptors (Lipinski definition) is 3. The first-order valence-corrected chi connectivity index (χ1v) is 4.40. The minimum Gasteiger partial charge on any atom is -0.478 e. The lowest BCUT2D eigenvalue weighted by atomic mass is 9.99. The predicted molar refractivity (Wildman–Crippen MR) is 49.8 cm³/mol. The van der Waals surface area contributed by atoms with E-state index in [0.29, 0.717) is 12.2 Å². The molecule has 0 spiro atoms. The number of ether oxygens (including phenoxy) is 1. The largest absolute Gasteiger partial charge is 0.478 e. The molecule has 0 radical (unpaired) electrons. The smallest absolute Gasteiger partial charge is 0.261 e. The summed E-state index contributed by atoms with van der Waals surface area (Å²) in [6.07, 6.45) is -1.36. The Hall–Kier alpha value is -1.55. The summed E-state index contributed by atoms with van der Waals surface area (Å²) in [5.74, 6) is -0.00592. The van der Waals surface area contributed by atoms with Crippen molar-refractivity contribution in [2.75, 3.05) is 0 Å². The van der Waals surface area contributed by atoms with Crippen molar-refractivity contribution in [3.05, 3.63) is 29.8 Å². The van der Waals surface area contributed by atoms with Crippen LogP contribution in [0.1, 0.15) is 5.56 Å². The molecule has 2 rings (SSSR count). The lowest BCUT2D eigenvalue weighted by molar-refractivity contribution is -0.130. The topological polar surface area (TPSA) is 72.6 Å². The normalized spacial score (nSPS) is 24.9. The molecule has 0 saturated heterocycles. The average molecular weight is 193 g/mol. The van der Waals surface area contributed by atoms with Crippen LogP contribution in [0.5, 0.6) is 5.75 Å². The molecule has 4 nitrogen and oxygen atoms in total. The molecule has 0 bridgehead atoms. The van der Waals surface area contributed by atoms with E-state index < -0.39 is 18.1 Å². The highest BCUT2D eigenvalue weighted by molar-refractivity contribution is 5.80. The Morgan fingerprint density at radius 2 is 2.21 bits per heavy atom. The SMILES string of the molecule is NC(=O)C1Oc2ccccc2CC1O. The van der Waals surface area contributed by atoms with Crippen molar-refractivity contribution in [1.29, 1.82) is 0 Å². The van der Waals surface area contributed by atoms with Crippen molar-refractivity contribution in [3.8, 4) is 5.75 Å². The molecule has 1 aromatic rings. The molecule has 0 fully saturated rings. The van der Waals surface area contributed by atoms with Gasteiger partial charge in [0.25, 0.3) is 5.91 Å². The maximum absolute atomic E-state index is 10.9. The molecule has 1 aromatic carbocycles. The van der Waals surface area contributed by atoms with Crippen molar-refractivity contribution in [1.82, 2.24) is 0 Å². The minimum absolute atomic E-state index is 0.407. The summed E-state index contributed by atoms with van der Waals surface area (Å²) in [4.78, 5) is 10.9. The van der Waals surface area contributed by atoms with Crippen molar-refractivity contribution in [2.45, 2.75) is 18.6 Å². The van der Waals surface area contributed by atoms with E-state index in [9.17, 15) is 9.90 Å². The number of carbonyl (C=O) groups excluding carboxylic acids is 1. The number of carbonyl (C=O) groups is 1. The Bertz CT molecular complexity index is 364. The summed E-state index contributed by atoms with van der Waals surface area (Å²) in [5, 5.41) is 9.56. The van der Waals surface area contributed by atoms with E-state index in [1.807, 2.05) is 18.2 Å². The molecular weight excluding hydrogens is 182 g/mol. The number of aliphatic hydroxyl groups is 1. The highest BCUT2D eigenvalue weighted by Gasteiger charge is 2.32. The molecule has 1 amide bonds. The van der Waals surface area contributed by atoms with Gasteiger partial charge in [0, 0.05) is 6.42 Å². The van der Waals surface area contributed by atoms with Crippen LogP contribution < -0.4 is 10.5 Å². The van der Waals surface area contributed by atoms with Crippen LogP contribution in [0, 0.1) is 0 Å². The number of fused-ring (bicyclic) bond motifs is 1. The fourth-order valence-electron chi connectivity index (χ4n) is 1.58. The molecule has 2 unspecified atom stereocenters. The van der Waals surface area contributed by atoms with Crippen LogP contribution in [0.15, 0.2) is 24.3 Å². The monoisotopic (exact) mass is 193 g/mol. The van der Waals surface area contributed by atoms with Gasteiger partial charge in [-0.1, -0.05) is 18.2 Å². The molecule has 1 aliphatic rings. The summed E-state index contributed by atoms with van der Waals surface area (Å²) in [6.45, 7) is 0. The molecule has 74 valence electrons. The lowest BCUT2D eigenvalue weighted by Crippen LogP contribution is -2.46. The summed E-state index contributed by atoms with van der Waals surface area (Å²) < 4.78 is 5.28. The maximum atomic E-state index is 10.9. The predicted octanol–water partition coefficient (Wildman–Crippen LogP) is -0.164. The van der Waals surface area contributed by atoms with Crippen LogP contribution in [0.3, 0.4) is 0 Å². The number of nitrogens with two attached hydrogens (primary N) is 1. The Morgan fingerprint density at radius 3 is 2.93 bits per heavy atom. The standard InChI is InChI=1S/C10H11NO3/c11-10(13)9-7(12)5-6-3-1-2-4-8(6)14-9/h1-4,7,9,12H,5H2,(H2,11,13). The summed E-state index contributed by atoms with van der Waals surface area (Å²) in [7, 11) is 0. The van der Waals surface area contributed by atoms with E-state index in [-0.39, 0.29) is 0 Å². The first kappa shape index (κ1) is 9.02. The van der Waals surface area contributed by atoms with E-state index in [2.05, 4.69) is 0 Å². The Balaban J connectivity index is 2.31. The number of rotatable bonds is 1. The molecule has 2 atom stereocenters. The van der Waals surface area contributed by atoms with Crippen LogP contribution in [0.2, 0.25) is 0 Å². The number of benzene rings is 1. The van der Waals surface area contributed by atoms with Crippen LogP contribution in [-0.2, 0) is 11.2 Å². The molecule has 3 N–H and O–H groups in total. The molecule has 1 aliphatic heterocycles. The van der Waals surface area contributed by atoms with Crippen molar-refractivity contribution < 1.29 is 14.6 Å². The third-order valence-corrected chi connectivity index (χ3v) is 2.29. The fraction of sp³-hybridized carbons (Fsp3) is 0.300. The number of para-hydroxylation sites is 1. The number of amides is 1. The van der Waals surface area contributed by atoms with Gasteiger partial charge in [-0.05, 0) is 11.6 Å².